The van der Waals surface area contributed by atoms with Crippen LogP contribution < -0.4 is 5.32 Å². The summed E-state index contributed by atoms with van der Waals surface area (Å²) in [6, 6.07) is 6.66. The van der Waals surface area contributed by atoms with Gasteiger partial charge in [-0.1, -0.05) is 13.0 Å². The molecule has 0 bridgehead atoms. The van der Waals surface area contributed by atoms with Gasteiger partial charge in [-0.15, -0.1) is 0 Å². The predicted molar refractivity (Wildman–Crippen MR) is 103 cm³/mol. The first-order valence-corrected chi connectivity index (χ1v) is 9.90. The summed E-state index contributed by atoms with van der Waals surface area (Å²) < 4.78 is 0. The minimum absolute atomic E-state index is 0.0541. The van der Waals surface area contributed by atoms with Crippen molar-refractivity contribution >= 4 is 17.1 Å². The highest BCUT2D eigenvalue weighted by molar-refractivity contribution is 5.77. The Morgan fingerprint density at radius 2 is 2.08 bits per heavy atom. The van der Waals surface area contributed by atoms with Crippen LogP contribution in [0.1, 0.15) is 50.0 Å². The molecule has 0 radical (unpaired) electrons. The number of nitrogens with one attached hydrogen (secondary N) is 2. The first-order chi connectivity index (χ1) is 12.6. The summed E-state index contributed by atoms with van der Waals surface area (Å²) in [7, 11) is 0. The molecule has 2 aliphatic rings. The third kappa shape index (κ3) is 3.43. The van der Waals surface area contributed by atoms with Crippen molar-refractivity contribution in [3.63, 3.8) is 0 Å². The van der Waals surface area contributed by atoms with E-state index in [2.05, 4.69) is 41.2 Å². The van der Waals surface area contributed by atoms with Crippen molar-refractivity contribution in [1.29, 1.82) is 0 Å². The summed E-state index contributed by atoms with van der Waals surface area (Å²) in [6.45, 7) is 8.34. The van der Waals surface area contributed by atoms with E-state index in [1.807, 2.05) is 11.0 Å². The molecule has 2 fully saturated rings. The van der Waals surface area contributed by atoms with Crippen molar-refractivity contribution < 1.29 is 4.79 Å². The lowest BCUT2D eigenvalue weighted by Crippen LogP contribution is -2.49. The Morgan fingerprint density at radius 1 is 1.27 bits per heavy atom. The number of fused-ring (bicyclic) bond motifs is 1. The first kappa shape index (κ1) is 17.3. The van der Waals surface area contributed by atoms with Gasteiger partial charge in [-0.25, -0.2) is 9.78 Å². The number of urea groups is 1. The molecule has 1 aromatic carbocycles. The number of piperidine rings is 1. The Labute approximate surface area is 155 Å². The summed E-state index contributed by atoms with van der Waals surface area (Å²) in [4.78, 5) is 25.5. The smallest absolute Gasteiger partial charge is 0.318 e. The van der Waals surface area contributed by atoms with Crippen LogP contribution in [-0.4, -0.2) is 58.0 Å². The number of H-pyrrole nitrogens is 1. The van der Waals surface area contributed by atoms with Gasteiger partial charge >= 0.3 is 6.03 Å². The third-order valence-corrected chi connectivity index (χ3v) is 5.85. The molecule has 0 saturated carbocycles. The van der Waals surface area contributed by atoms with Crippen molar-refractivity contribution in [2.45, 2.75) is 51.6 Å². The lowest BCUT2D eigenvalue weighted by Gasteiger charge is -2.33. The van der Waals surface area contributed by atoms with E-state index in [-0.39, 0.29) is 12.1 Å². The van der Waals surface area contributed by atoms with Crippen LogP contribution in [0.25, 0.3) is 11.0 Å². The Bertz CT molecular complexity index is 778. The second kappa shape index (κ2) is 7.27. The molecule has 3 heterocycles. The zero-order valence-electron chi connectivity index (χ0n) is 15.8. The number of rotatable bonds is 3. The Hall–Kier alpha value is -2.08. The molecule has 2 amide bonds. The second-order valence-corrected chi connectivity index (χ2v) is 7.65. The van der Waals surface area contributed by atoms with Gasteiger partial charge in [0.05, 0.1) is 17.1 Å². The normalized spacial score (nSPS) is 22.2. The number of imidazole rings is 1. The topological polar surface area (TPSA) is 64.3 Å². The van der Waals surface area contributed by atoms with Gasteiger partial charge in [0.2, 0.25) is 0 Å². The van der Waals surface area contributed by atoms with E-state index in [9.17, 15) is 4.79 Å². The highest BCUT2D eigenvalue weighted by Crippen LogP contribution is 2.31. The van der Waals surface area contributed by atoms with Gasteiger partial charge in [-0.2, -0.15) is 0 Å². The van der Waals surface area contributed by atoms with E-state index in [1.54, 1.807) is 0 Å². The van der Waals surface area contributed by atoms with E-state index in [0.29, 0.717) is 6.04 Å². The maximum Gasteiger partial charge on any atom is 0.318 e. The molecule has 6 heteroatoms. The average Bonchev–Trinajstić information content (AvgIpc) is 3.28. The summed E-state index contributed by atoms with van der Waals surface area (Å²) in [5.41, 5.74) is 3.25. The minimum Gasteiger partial charge on any atom is -0.340 e. The third-order valence-electron chi connectivity index (χ3n) is 5.85. The zero-order valence-corrected chi connectivity index (χ0v) is 15.8. The number of hydrogen-bond donors (Lipinski definition) is 2. The highest BCUT2D eigenvalue weighted by Gasteiger charge is 2.33. The largest absolute Gasteiger partial charge is 0.340 e. The molecule has 1 unspecified atom stereocenters. The quantitative estimate of drug-likeness (QED) is 0.889. The average molecular weight is 355 g/mol. The van der Waals surface area contributed by atoms with Gasteiger partial charge in [-0.3, -0.25) is 0 Å². The monoisotopic (exact) mass is 355 g/mol. The lowest BCUT2D eigenvalue weighted by molar-refractivity contribution is 0.170. The summed E-state index contributed by atoms with van der Waals surface area (Å²) in [5, 5.41) is 3.27. The lowest BCUT2D eigenvalue weighted by atomic mass is 10.1. The molecule has 0 aliphatic carbocycles. The SMILES string of the molecule is CCN1CCC(NC(=O)N2CCCC2c2nc3ccc(C)cc3[nH]2)CC1. The maximum atomic E-state index is 12.9. The first-order valence-electron chi connectivity index (χ1n) is 9.90. The maximum absolute atomic E-state index is 12.9. The fourth-order valence-corrected chi connectivity index (χ4v) is 4.25. The Morgan fingerprint density at radius 3 is 2.85 bits per heavy atom. The van der Waals surface area contributed by atoms with Crippen molar-refractivity contribution in [2.75, 3.05) is 26.2 Å². The number of hydrogen-bond acceptors (Lipinski definition) is 3. The fourth-order valence-electron chi connectivity index (χ4n) is 4.25. The number of nitrogens with zero attached hydrogens (tertiary/aromatic N) is 3. The van der Waals surface area contributed by atoms with Gasteiger partial charge in [-0.05, 0) is 56.8 Å². The Kier molecular flexibility index (Phi) is 4.85. The standard InChI is InChI=1S/C20H29N5O/c1-3-24-11-8-15(9-12-24)21-20(26)25-10-4-5-18(25)19-22-16-7-6-14(2)13-17(16)23-19/h6-7,13,15,18H,3-5,8-12H2,1-2H3,(H,21,26)(H,22,23). The number of carbonyl (C=O) groups is 1. The fraction of sp³-hybridized carbons (Fsp3) is 0.600. The zero-order chi connectivity index (χ0) is 18.1. The number of amides is 2. The number of aromatic nitrogens is 2. The molecule has 26 heavy (non-hydrogen) atoms. The van der Waals surface area contributed by atoms with Crippen molar-refractivity contribution in [3.05, 3.63) is 29.6 Å². The summed E-state index contributed by atoms with van der Waals surface area (Å²) in [5.74, 6) is 0.916. The minimum atomic E-state index is 0.0541. The number of benzene rings is 1. The molecule has 2 saturated heterocycles. The molecule has 2 aliphatic heterocycles. The van der Waals surface area contributed by atoms with Crippen LogP contribution in [0.3, 0.4) is 0 Å². The molecular weight excluding hydrogens is 326 g/mol. The van der Waals surface area contributed by atoms with Crippen LogP contribution in [0.15, 0.2) is 18.2 Å². The molecule has 6 nitrogen and oxygen atoms in total. The molecule has 1 atom stereocenters. The number of aromatic amines is 1. The molecular formula is C20H29N5O. The van der Waals surface area contributed by atoms with E-state index >= 15 is 0 Å². The van der Waals surface area contributed by atoms with Gasteiger partial charge in [0, 0.05) is 25.7 Å². The van der Waals surface area contributed by atoms with E-state index in [1.165, 1.54) is 5.56 Å². The van der Waals surface area contributed by atoms with Crippen LogP contribution in [0, 0.1) is 6.92 Å². The molecule has 2 aromatic rings. The molecule has 4 rings (SSSR count). The van der Waals surface area contributed by atoms with Gasteiger partial charge in [0.25, 0.3) is 0 Å². The Balaban J connectivity index is 1.44. The van der Waals surface area contributed by atoms with Crippen molar-refractivity contribution in [1.82, 2.24) is 25.1 Å². The van der Waals surface area contributed by atoms with Crippen LogP contribution in [0.4, 0.5) is 4.79 Å². The van der Waals surface area contributed by atoms with Crippen LogP contribution >= 0.6 is 0 Å². The van der Waals surface area contributed by atoms with E-state index in [0.717, 1.165) is 68.7 Å². The van der Waals surface area contributed by atoms with Crippen LogP contribution in [0.5, 0.6) is 0 Å². The highest BCUT2D eigenvalue weighted by atomic mass is 16.2. The summed E-state index contributed by atoms with van der Waals surface area (Å²) in [6.07, 6.45) is 4.09. The second-order valence-electron chi connectivity index (χ2n) is 7.65. The number of likely N-dealkylation sites (tertiary alicyclic amines) is 2. The predicted octanol–water partition coefficient (Wildman–Crippen LogP) is 3.20. The molecule has 2 N–H and O–H groups in total. The van der Waals surface area contributed by atoms with E-state index in [4.69, 9.17) is 4.98 Å². The van der Waals surface area contributed by atoms with Gasteiger partial charge in [0.15, 0.2) is 0 Å². The van der Waals surface area contributed by atoms with Crippen LogP contribution in [-0.2, 0) is 0 Å². The number of aryl methyl sites for hydroxylation is 1. The van der Waals surface area contributed by atoms with Crippen molar-refractivity contribution in [3.8, 4) is 0 Å². The van der Waals surface area contributed by atoms with Gasteiger partial charge in [0.1, 0.15) is 5.82 Å². The van der Waals surface area contributed by atoms with Gasteiger partial charge < -0.3 is 20.1 Å². The van der Waals surface area contributed by atoms with Crippen LogP contribution in [0.2, 0.25) is 0 Å². The molecule has 1 aromatic heterocycles. The van der Waals surface area contributed by atoms with Crippen molar-refractivity contribution in [2.24, 2.45) is 0 Å². The molecule has 0 spiro atoms. The molecule has 140 valence electrons. The number of carbonyl (C=O) groups excluding carboxylic acids is 1. The van der Waals surface area contributed by atoms with E-state index < -0.39 is 0 Å². The summed E-state index contributed by atoms with van der Waals surface area (Å²) >= 11 is 0.